The Kier molecular flexibility index (Phi) is 5.69. The van der Waals surface area contributed by atoms with E-state index in [1.807, 2.05) is 35.4 Å². The van der Waals surface area contributed by atoms with E-state index in [4.69, 9.17) is 16.6 Å². The molecule has 27 heavy (non-hydrogen) atoms. The van der Waals surface area contributed by atoms with Crippen LogP contribution in [0.25, 0.3) is 11.3 Å². The second-order valence-electron chi connectivity index (χ2n) is 7.48. The minimum Gasteiger partial charge on any atom is -0.342 e. The van der Waals surface area contributed by atoms with Crippen molar-refractivity contribution < 1.29 is 4.79 Å². The highest BCUT2D eigenvalue weighted by molar-refractivity contribution is 6.30. The van der Waals surface area contributed by atoms with Gasteiger partial charge in [0.05, 0.1) is 24.1 Å². The molecule has 0 bridgehead atoms. The third-order valence-electron chi connectivity index (χ3n) is 5.60. The zero-order valence-electron chi connectivity index (χ0n) is 15.5. The first kappa shape index (κ1) is 18.4. The molecule has 2 saturated heterocycles. The number of nitrogens with zero attached hydrogens (tertiary/aromatic N) is 4. The largest absolute Gasteiger partial charge is 0.342 e. The second kappa shape index (κ2) is 8.36. The Morgan fingerprint density at radius 2 is 1.89 bits per heavy atom. The van der Waals surface area contributed by atoms with Gasteiger partial charge in [-0.3, -0.25) is 14.7 Å². The zero-order chi connectivity index (χ0) is 18.6. The van der Waals surface area contributed by atoms with Gasteiger partial charge in [-0.25, -0.2) is 4.98 Å². The van der Waals surface area contributed by atoms with Crippen LogP contribution in [0.4, 0.5) is 0 Å². The monoisotopic (exact) mass is 384 g/mol. The smallest absolute Gasteiger partial charge is 0.236 e. The summed E-state index contributed by atoms with van der Waals surface area (Å²) in [5.74, 6) is 0.684. The molecule has 1 aromatic carbocycles. The molecule has 2 aliphatic heterocycles. The van der Waals surface area contributed by atoms with Crippen molar-refractivity contribution in [3.8, 4) is 11.3 Å². The summed E-state index contributed by atoms with van der Waals surface area (Å²) in [6, 6.07) is 7.72. The van der Waals surface area contributed by atoms with E-state index >= 15 is 0 Å². The van der Waals surface area contributed by atoms with Crippen LogP contribution in [0.2, 0.25) is 5.02 Å². The number of hydrogen-bond acceptors (Lipinski definition) is 4. The van der Waals surface area contributed by atoms with Crippen molar-refractivity contribution in [3.63, 3.8) is 0 Å². The Hall–Kier alpha value is -1.98. The second-order valence-corrected chi connectivity index (χ2v) is 7.91. The Morgan fingerprint density at radius 3 is 2.63 bits per heavy atom. The number of carbonyl (C=O) groups is 1. The summed E-state index contributed by atoms with van der Waals surface area (Å²) in [6.45, 7) is 4.30. The molecule has 142 valence electrons. The summed E-state index contributed by atoms with van der Waals surface area (Å²) in [5.41, 5.74) is 2.89. The van der Waals surface area contributed by atoms with E-state index in [2.05, 4.69) is 9.88 Å². The molecule has 1 amide bonds. The van der Waals surface area contributed by atoms with E-state index in [9.17, 15) is 4.79 Å². The summed E-state index contributed by atoms with van der Waals surface area (Å²) < 4.78 is 0. The molecule has 0 unspecified atom stereocenters. The third-order valence-corrected chi connectivity index (χ3v) is 5.83. The van der Waals surface area contributed by atoms with Gasteiger partial charge in [-0.05, 0) is 50.9 Å². The van der Waals surface area contributed by atoms with E-state index in [0.29, 0.717) is 17.5 Å². The minimum absolute atomic E-state index is 0.286. The highest BCUT2D eigenvalue weighted by Gasteiger charge is 2.26. The van der Waals surface area contributed by atoms with Crippen molar-refractivity contribution in [1.29, 1.82) is 0 Å². The number of piperidine rings is 1. The maximum atomic E-state index is 12.3. The average molecular weight is 385 g/mol. The number of likely N-dealkylation sites (tertiary alicyclic amines) is 2. The van der Waals surface area contributed by atoms with Crippen LogP contribution in [-0.4, -0.2) is 58.4 Å². The predicted molar refractivity (Wildman–Crippen MR) is 107 cm³/mol. The van der Waals surface area contributed by atoms with Gasteiger partial charge in [0.2, 0.25) is 5.91 Å². The fourth-order valence-corrected chi connectivity index (χ4v) is 4.20. The summed E-state index contributed by atoms with van der Waals surface area (Å²) >= 11 is 6.10. The number of benzene rings is 1. The van der Waals surface area contributed by atoms with Gasteiger partial charge in [0.15, 0.2) is 0 Å². The van der Waals surface area contributed by atoms with Gasteiger partial charge in [0.25, 0.3) is 0 Å². The van der Waals surface area contributed by atoms with Gasteiger partial charge >= 0.3 is 0 Å². The first-order chi connectivity index (χ1) is 13.2. The van der Waals surface area contributed by atoms with Gasteiger partial charge in [-0.1, -0.05) is 23.7 Å². The summed E-state index contributed by atoms with van der Waals surface area (Å²) in [7, 11) is 0. The lowest BCUT2D eigenvalue weighted by Crippen LogP contribution is -2.42. The highest BCUT2D eigenvalue weighted by atomic mass is 35.5. The van der Waals surface area contributed by atoms with Gasteiger partial charge < -0.3 is 4.90 Å². The molecule has 2 fully saturated rings. The molecule has 0 radical (unpaired) electrons. The molecule has 0 spiro atoms. The number of amides is 1. The third kappa shape index (κ3) is 4.47. The molecule has 2 aliphatic rings. The Balaban J connectivity index is 1.37. The van der Waals surface area contributed by atoms with Crippen molar-refractivity contribution in [2.75, 3.05) is 32.7 Å². The van der Waals surface area contributed by atoms with E-state index < -0.39 is 0 Å². The summed E-state index contributed by atoms with van der Waals surface area (Å²) in [6.07, 6.45) is 8.00. The number of aromatic nitrogens is 2. The zero-order valence-corrected chi connectivity index (χ0v) is 16.2. The SMILES string of the molecule is O=C(CN1CCC(c2cncc(-c3cccc(Cl)c3)n2)CC1)N1CCCC1. The Labute approximate surface area is 165 Å². The topological polar surface area (TPSA) is 49.3 Å². The number of rotatable bonds is 4. The normalized spacial score (nSPS) is 18.8. The first-order valence-electron chi connectivity index (χ1n) is 9.77. The molecule has 0 aliphatic carbocycles. The first-order valence-corrected chi connectivity index (χ1v) is 10.1. The molecule has 0 N–H and O–H groups in total. The highest BCUT2D eigenvalue weighted by Crippen LogP contribution is 2.28. The molecule has 4 rings (SSSR count). The lowest BCUT2D eigenvalue weighted by Gasteiger charge is -2.32. The summed E-state index contributed by atoms with van der Waals surface area (Å²) in [5, 5.41) is 0.704. The fourth-order valence-electron chi connectivity index (χ4n) is 4.01. The Bertz CT molecular complexity index is 798. The van der Waals surface area contributed by atoms with E-state index in [1.165, 1.54) is 0 Å². The van der Waals surface area contributed by atoms with Gasteiger partial charge in [0, 0.05) is 35.8 Å². The van der Waals surface area contributed by atoms with Crippen molar-refractivity contribution >= 4 is 17.5 Å². The fraction of sp³-hybridized carbons (Fsp3) is 0.476. The number of halogens is 1. The van der Waals surface area contributed by atoms with Gasteiger partial charge in [0.1, 0.15) is 0 Å². The van der Waals surface area contributed by atoms with Crippen LogP contribution in [-0.2, 0) is 4.79 Å². The van der Waals surface area contributed by atoms with E-state index in [1.54, 1.807) is 6.20 Å². The van der Waals surface area contributed by atoms with Crippen LogP contribution in [0, 0.1) is 0 Å². The van der Waals surface area contributed by atoms with Crippen LogP contribution in [0.5, 0.6) is 0 Å². The van der Waals surface area contributed by atoms with E-state index in [0.717, 1.165) is 68.8 Å². The van der Waals surface area contributed by atoms with Crippen LogP contribution in [0.3, 0.4) is 0 Å². The minimum atomic E-state index is 0.286. The number of hydrogen-bond donors (Lipinski definition) is 0. The van der Waals surface area contributed by atoms with Crippen molar-refractivity contribution in [1.82, 2.24) is 19.8 Å². The van der Waals surface area contributed by atoms with E-state index in [-0.39, 0.29) is 5.91 Å². The lowest BCUT2D eigenvalue weighted by atomic mass is 9.93. The van der Waals surface area contributed by atoms with Crippen LogP contribution in [0.15, 0.2) is 36.7 Å². The van der Waals surface area contributed by atoms with Crippen LogP contribution >= 0.6 is 11.6 Å². The van der Waals surface area contributed by atoms with Gasteiger partial charge in [-0.15, -0.1) is 0 Å². The standard InChI is InChI=1S/C21H25ClN4O/c22-18-5-3-4-17(12-18)20-14-23-13-19(24-20)16-6-10-25(11-7-16)15-21(27)26-8-1-2-9-26/h3-5,12-14,16H,1-2,6-11,15H2. The predicted octanol–water partition coefficient (Wildman–Crippen LogP) is 3.60. The molecular weight excluding hydrogens is 360 g/mol. The van der Waals surface area contributed by atoms with Crippen LogP contribution in [0.1, 0.15) is 37.3 Å². The molecule has 6 heteroatoms. The summed E-state index contributed by atoms with van der Waals surface area (Å²) in [4.78, 5) is 25.9. The number of carbonyl (C=O) groups excluding carboxylic acids is 1. The maximum Gasteiger partial charge on any atom is 0.236 e. The molecule has 0 saturated carbocycles. The Morgan fingerprint density at radius 1 is 1.11 bits per heavy atom. The molecule has 2 aromatic rings. The maximum absolute atomic E-state index is 12.3. The lowest BCUT2D eigenvalue weighted by molar-refractivity contribution is -0.131. The quantitative estimate of drug-likeness (QED) is 0.808. The molecule has 0 atom stereocenters. The van der Waals surface area contributed by atoms with Crippen molar-refractivity contribution in [3.05, 3.63) is 47.4 Å². The molecule has 3 heterocycles. The average Bonchev–Trinajstić information content (AvgIpc) is 3.24. The molecule has 5 nitrogen and oxygen atoms in total. The van der Waals surface area contributed by atoms with Crippen molar-refractivity contribution in [2.45, 2.75) is 31.6 Å². The molecular formula is C21H25ClN4O. The van der Waals surface area contributed by atoms with Crippen molar-refractivity contribution in [2.24, 2.45) is 0 Å². The van der Waals surface area contributed by atoms with Gasteiger partial charge in [-0.2, -0.15) is 0 Å². The van der Waals surface area contributed by atoms with Crippen LogP contribution < -0.4 is 0 Å². The molecule has 1 aromatic heterocycles.